The summed E-state index contributed by atoms with van der Waals surface area (Å²) < 4.78 is 30.1. The van der Waals surface area contributed by atoms with E-state index < -0.39 is 9.84 Å². The Kier molecular flexibility index (Phi) is 4.29. The number of nitrogen functional groups attached to an aromatic ring is 1. The maximum absolute atomic E-state index is 12.2. The van der Waals surface area contributed by atoms with Crippen molar-refractivity contribution in [3.05, 3.63) is 48.5 Å². The smallest absolute Gasteiger partial charge is 0.182 e. The van der Waals surface area contributed by atoms with Crippen molar-refractivity contribution in [2.24, 2.45) is 0 Å². The molecule has 0 heterocycles. The first kappa shape index (κ1) is 14.4. The van der Waals surface area contributed by atoms with E-state index in [4.69, 9.17) is 10.5 Å². The molecule has 0 bridgehead atoms. The van der Waals surface area contributed by atoms with Crippen molar-refractivity contribution < 1.29 is 13.2 Å². The van der Waals surface area contributed by atoms with Gasteiger partial charge in [-0.25, -0.2) is 8.42 Å². The maximum atomic E-state index is 12.2. The lowest BCUT2D eigenvalue weighted by molar-refractivity contribution is 0.469. The number of para-hydroxylation sites is 3. The average Bonchev–Trinajstić information content (AvgIpc) is 2.42. The van der Waals surface area contributed by atoms with Crippen LogP contribution in [0.25, 0.3) is 0 Å². The van der Waals surface area contributed by atoms with E-state index in [1.54, 1.807) is 48.5 Å². The molecule has 0 aliphatic rings. The second-order valence-corrected chi connectivity index (χ2v) is 6.48. The summed E-state index contributed by atoms with van der Waals surface area (Å²) in [4.78, 5) is 0.199. The van der Waals surface area contributed by atoms with Gasteiger partial charge in [-0.2, -0.15) is 0 Å². The summed E-state index contributed by atoms with van der Waals surface area (Å²) in [5, 5.41) is 0. The van der Waals surface area contributed by atoms with Gasteiger partial charge in [-0.1, -0.05) is 31.2 Å². The molecule has 106 valence electrons. The molecule has 4 nitrogen and oxygen atoms in total. The van der Waals surface area contributed by atoms with Gasteiger partial charge in [0.15, 0.2) is 9.84 Å². The van der Waals surface area contributed by atoms with E-state index in [9.17, 15) is 8.42 Å². The van der Waals surface area contributed by atoms with Crippen LogP contribution in [-0.2, 0) is 9.84 Å². The van der Waals surface area contributed by atoms with Crippen LogP contribution in [0.5, 0.6) is 11.5 Å². The molecule has 0 spiro atoms. The van der Waals surface area contributed by atoms with Gasteiger partial charge in [0.2, 0.25) is 0 Å². The molecule has 0 aliphatic heterocycles. The zero-order valence-corrected chi connectivity index (χ0v) is 12.1. The molecular formula is C15H17NO3S. The van der Waals surface area contributed by atoms with Gasteiger partial charge in [-0.3, -0.25) is 0 Å². The van der Waals surface area contributed by atoms with E-state index >= 15 is 0 Å². The molecule has 0 radical (unpaired) electrons. The van der Waals surface area contributed by atoms with Crippen molar-refractivity contribution in [2.75, 3.05) is 11.5 Å². The van der Waals surface area contributed by atoms with Crippen LogP contribution >= 0.6 is 0 Å². The van der Waals surface area contributed by atoms with Crippen molar-refractivity contribution in [1.29, 1.82) is 0 Å². The first-order chi connectivity index (χ1) is 9.54. The lowest BCUT2D eigenvalue weighted by Crippen LogP contribution is -2.07. The van der Waals surface area contributed by atoms with Crippen LogP contribution in [0.3, 0.4) is 0 Å². The van der Waals surface area contributed by atoms with E-state index in [-0.39, 0.29) is 10.6 Å². The quantitative estimate of drug-likeness (QED) is 0.859. The number of benzene rings is 2. The van der Waals surface area contributed by atoms with E-state index in [2.05, 4.69) is 0 Å². The number of hydrogen-bond donors (Lipinski definition) is 1. The second-order valence-electron chi connectivity index (χ2n) is 4.41. The Morgan fingerprint density at radius 1 is 1.00 bits per heavy atom. The van der Waals surface area contributed by atoms with Gasteiger partial charge < -0.3 is 10.5 Å². The number of hydrogen-bond acceptors (Lipinski definition) is 4. The molecule has 2 aromatic rings. The fourth-order valence-electron chi connectivity index (χ4n) is 1.86. The van der Waals surface area contributed by atoms with Gasteiger partial charge in [0.05, 0.1) is 11.4 Å². The normalized spacial score (nSPS) is 11.2. The van der Waals surface area contributed by atoms with E-state index in [1.165, 1.54) is 0 Å². The van der Waals surface area contributed by atoms with Crippen molar-refractivity contribution >= 4 is 15.5 Å². The monoisotopic (exact) mass is 291 g/mol. The Balaban J connectivity index is 2.42. The highest BCUT2D eigenvalue weighted by atomic mass is 32.2. The van der Waals surface area contributed by atoms with E-state index in [0.29, 0.717) is 23.6 Å². The summed E-state index contributed by atoms with van der Waals surface area (Å²) in [5.41, 5.74) is 6.28. The zero-order chi connectivity index (χ0) is 14.6. The van der Waals surface area contributed by atoms with Crippen LogP contribution in [0.15, 0.2) is 53.4 Å². The van der Waals surface area contributed by atoms with Crippen molar-refractivity contribution in [3.63, 3.8) is 0 Å². The van der Waals surface area contributed by atoms with Crippen LogP contribution in [-0.4, -0.2) is 14.2 Å². The number of nitrogens with two attached hydrogens (primary N) is 1. The highest BCUT2D eigenvalue weighted by molar-refractivity contribution is 7.91. The van der Waals surface area contributed by atoms with Gasteiger partial charge in [0, 0.05) is 0 Å². The summed E-state index contributed by atoms with van der Waals surface area (Å²) in [6.45, 7) is 1.83. The topological polar surface area (TPSA) is 69.4 Å². The average molecular weight is 291 g/mol. The third-order valence-corrected chi connectivity index (χ3v) is 4.75. The molecule has 5 heteroatoms. The third-order valence-electron chi connectivity index (χ3n) is 2.80. The van der Waals surface area contributed by atoms with Crippen LogP contribution in [0.1, 0.15) is 13.3 Å². The van der Waals surface area contributed by atoms with Crippen LogP contribution in [0.4, 0.5) is 5.69 Å². The first-order valence-corrected chi connectivity index (χ1v) is 8.04. The fourth-order valence-corrected chi connectivity index (χ4v) is 3.32. The highest BCUT2D eigenvalue weighted by Gasteiger charge is 2.19. The van der Waals surface area contributed by atoms with Crippen LogP contribution in [0, 0.1) is 0 Å². The summed E-state index contributed by atoms with van der Waals surface area (Å²) in [6.07, 6.45) is 0.560. The van der Waals surface area contributed by atoms with Crippen molar-refractivity contribution in [3.8, 4) is 11.5 Å². The predicted molar refractivity (Wildman–Crippen MR) is 79.7 cm³/mol. The molecule has 0 atom stereocenters. The molecule has 20 heavy (non-hydrogen) atoms. The lowest BCUT2D eigenvalue weighted by atomic mass is 10.3. The molecule has 2 rings (SSSR count). The Labute approximate surface area is 119 Å². The van der Waals surface area contributed by atoms with Crippen LogP contribution < -0.4 is 10.5 Å². The fraction of sp³-hybridized carbons (Fsp3) is 0.200. The van der Waals surface area contributed by atoms with Crippen LogP contribution in [0.2, 0.25) is 0 Å². The molecule has 0 fully saturated rings. The summed E-state index contributed by atoms with van der Waals surface area (Å²) >= 11 is 0. The first-order valence-electron chi connectivity index (χ1n) is 6.38. The molecule has 0 amide bonds. The molecular weight excluding hydrogens is 274 g/mol. The summed E-state index contributed by atoms with van der Waals surface area (Å²) in [6, 6.07) is 13.6. The SMILES string of the molecule is CCCS(=O)(=O)c1ccccc1Oc1ccccc1N. The molecule has 0 unspecified atom stereocenters. The minimum Gasteiger partial charge on any atom is -0.454 e. The van der Waals surface area contributed by atoms with Gasteiger partial charge in [0.25, 0.3) is 0 Å². The summed E-state index contributed by atoms with van der Waals surface area (Å²) in [7, 11) is -3.34. The minimum atomic E-state index is -3.34. The second kappa shape index (κ2) is 5.96. The van der Waals surface area contributed by atoms with Gasteiger partial charge in [0.1, 0.15) is 16.4 Å². The largest absolute Gasteiger partial charge is 0.454 e. The lowest BCUT2D eigenvalue weighted by Gasteiger charge is -2.12. The minimum absolute atomic E-state index is 0.0949. The zero-order valence-electron chi connectivity index (χ0n) is 11.2. The number of sulfone groups is 1. The Morgan fingerprint density at radius 2 is 1.60 bits per heavy atom. The van der Waals surface area contributed by atoms with E-state index in [0.717, 1.165) is 0 Å². The molecule has 2 N–H and O–H groups in total. The Bertz CT molecular complexity index is 696. The van der Waals surface area contributed by atoms with E-state index in [1.807, 2.05) is 6.92 Å². The number of ether oxygens (including phenoxy) is 1. The maximum Gasteiger partial charge on any atom is 0.182 e. The third kappa shape index (κ3) is 3.11. The van der Waals surface area contributed by atoms with Gasteiger partial charge in [-0.15, -0.1) is 0 Å². The van der Waals surface area contributed by atoms with Gasteiger partial charge in [-0.05, 0) is 30.7 Å². The highest BCUT2D eigenvalue weighted by Crippen LogP contribution is 2.32. The van der Waals surface area contributed by atoms with Crippen molar-refractivity contribution in [2.45, 2.75) is 18.2 Å². The molecule has 0 saturated carbocycles. The molecule has 0 aromatic heterocycles. The number of rotatable bonds is 5. The Morgan fingerprint density at radius 3 is 2.25 bits per heavy atom. The summed E-state index contributed by atoms with van der Waals surface area (Å²) in [5.74, 6) is 0.850. The molecule has 2 aromatic carbocycles. The number of anilines is 1. The predicted octanol–water partition coefficient (Wildman–Crippen LogP) is 3.24. The molecule has 0 aliphatic carbocycles. The van der Waals surface area contributed by atoms with Crippen molar-refractivity contribution in [1.82, 2.24) is 0 Å². The molecule has 0 saturated heterocycles. The standard InChI is InChI=1S/C15H17NO3S/c1-2-11-20(17,18)15-10-6-5-9-14(15)19-13-8-4-3-7-12(13)16/h3-10H,2,11,16H2,1H3. The Hall–Kier alpha value is -2.01. The van der Waals surface area contributed by atoms with Gasteiger partial charge >= 0.3 is 0 Å².